The standard InChI is InChI=1S/C5H12O3.3C4H8O2/c1-5(2-6,3-7)4-8;3*1-2-3-4(5)6/h6-8H,2-4H2,1H3;3*2-3H2,1H3,(H,5,6). The van der Waals surface area contributed by atoms with Crippen molar-refractivity contribution < 1.29 is 45.0 Å². The topological polar surface area (TPSA) is 173 Å². The van der Waals surface area contributed by atoms with Gasteiger partial charge in [-0.3, -0.25) is 14.4 Å². The number of aliphatic hydroxyl groups is 3. The second kappa shape index (κ2) is 23.3. The highest BCUT2D eigenvalue weighted by Crippen LogP contribution is 2.10. The molecule has 0 aliphatic heterocycles. The summed E-state index contributed by atoms with van der Waals surface area (Å²) in [5.74, 6) is -2.13. The largest absolute Gasteiger partial charge is 0.481 e. The minimum atomic E-state index is -0.711. The number of aliphatic carboxylic acids is 3. The number of carbonyl (C=O) groups is 3. The van der Waals surface area contributed by atoms with E-state index in [1.165, 1.54) is 0 Å². The van der Waals surface area contributed by atoms with Crippen molar-refractivity contribution in [3.8, 4) is 0 Å². The first-order valence-electron chi connectivity index (χ1n) is 8.47. The molecule has 158 valence electrons. The molecule has 0 unspecified atom stereocenters. The summed E-state index contributed by atoms with van der Waals surface area (Å²) >= 11 is 0. The lowest BCUT2D eigenvalue weighted by atomic mass is 9.95. The van der Waals surface area contributed by atoms with Gasteiger partial charge in [-0.25, -0.2) is 0 Å². The van der Waals surface area contributed by atoms with Gasteiger partial charge >= 0.3 is 17.9 Å². The van der Waals surface area contributed by atoms with E-state index in [2.05, 4.69) is 0 Å². The fourth-order valence-corrected chi connectivity index (χ4v) is 0.792. The summed E-state index contributed by atoms with van der Waals surface area (Å²) < 4.78 is 0. The normalized spacial score (nSPS) is 9.35. The van der Waals surface area contributed by atoms with E-state index in [1.54, 1.807) is 6.92 Å². The van der Waals surface area contributed by atoms with Gasteiger partial charge in [-0.2, -0.15) is 0 Å². The predicted octanol–water partition coefficient (Wildman–Crippen LogP) is 1.58. The molecule has 0 aromatic heterocycles. The van der Waals surface area contributed by atoms with Gasteiger partial charge in [-0.15, -0.1) is 0 Å². The molecule has 0 aromatic rings. The van der Waals surface area contributed by atoms with Crippen LogP contribution in [0.25, 0.3) is 0 Å². The fraction of sp³-hybridized carbons (Fsp3) is 0.824. The van der Waals surface area contributed by atoms with Gasteiger partial charge in [0.2, 0.25) is 0 Å². The van der Waals surface area contributed by atoms with E-state index in [9.17, 15) is 14.4 Å². The third-order valence-electron chi connectivity index (χ3n) is 2.54. The second-order valence-electron chi connectivity index (χ2n) is 5.72. The highest BCUT2D eigenvalue weighted by Gasteiger charge is 2.20. The zero-order valence-corrected chi connectivity index (χ0v) is 16.3. The molecule has 0 heterocycles. The molecule has 0 rings (SSSR count). The summed E-state index contributed by atoms with van der Waals surface area (Å²) in [4.78, 5) is 28.8. The van der Waals surface area contributed by atoms with Crippen molar-refractivity contribution in [3.05, 3.63) is 0 Å². The van der Waals surface area contributed by atoms with Crippen LogP contribution in [-0.4, -0.2) is 68.4 Å². The van der Waals surface area contributed by atoms with Gasteiger partial charge in [-0.05, 0) is 19.3 Å². The van der Waals surface area contributed by atoms with Crippen molar-refractivity contribution in [2.45, 2.75) is 66.2 Å². The minimum Gasteiger partial charge on any atom is -0.481 e. The van der Waals surface area contributed by atoms with Crippen LogP contribution < -0.4 is 0 Å². The number of rotatable bonds is 9. The van der Waals surface area contributed by atoms with E-state index in [4.69, 9.17) is 30.6 Å². The molecular formula is C17H36O9. The molecule has 0 aliphatic rings. The Morgan fingerprint density at radius 1 is 0.615 bits per heavy atom. The molecule has 0 aliphatic carbocycles. The van der Waals surface area contributed by atoms with Crippen LogP contribution in [0, 0.1) is 5.41 Å². The van der Waals surface area contributed by atoms with Crippen molar-refractivity contribution in [2.75, 3.05) is 19.8 Å². The van der Waals surface area contributed by atoms with Crippen molar-refractivity contribution >= 4 is 17.9 Å². The van der Waals surface area contributed by atoms with Gasteiger partial charge in [0.15, 0.2) is 0 Å². The molecular weight excluding hydrogens is 348 g/mol. The van der Waals surface area contributed by atoms with Crippen LogP contribution in [0.5, 0.6) is 0 Å². The van der Waals surface area contributed by atoms with Gasteiger partial charge in [0.05, 0.1) is 19.8 Å². The maximum Gasteiger partial charge on any atom is 0.303 e. The molecule has 0 saturated carbocycles. The number of carboxylic acids is 3. The molecule has 0 aromatic carbocycles. The predicted molar refractivity (Wildman–Crippen MR) is 97.0 cm³/mol. The Labute approximate surface area is 155 Å². The van der Waals surface area contributed by atoms with Crippen molar-refractivity contribution in [1.82, 2.24) is 0 Å². The molecule has 0 amide bonds. The average Bonchev–Trinajstić information content (AvgIpc) is 2.55. The summed E-state index contributed by atoms with van der Waals surface area (Å²) in [6.07, 6.45) is 3.07. The van der Waals surface area contributed by atoms with Crippen molar-refractivity contribution in [2.24, 2.45) is 5.41 Å². The molecule has 9 heteroatoms. The molecule has 0 atom stereocenters. The Kier molecular flexibility index (Phi) is 28.7. The van der Waals surface area contributed by atoms with Gasteiger partial charge < -0.3 is 30.6 Å². The highest BCUT2D eigenvalue weighted by molar-refractivity contribution is 5.67. The third-order valence-corrected chi connectivity index (χ3v) is 2.54. The summed E-state index contributed by atoms with van der Waals surface area (Å²) in [5.41, 5.74) is -0.708. The van der Waals surface area contributed by atoms with Gasteiger partial charge in [0, 0.05) is 24.7 Å². The van der Waals surface area contributed by atoms with E-state index in [0.29, 0.717) is 19.3 Å². The van der Waals surface area contributed by atoms with Crippen LogP contribution >= 0.6 is 0 Å². The highest BCUT2D eigenvalue weighted by atomic mass is 16.4. The number of hydrogen-bond donors (Lipinski definition) is 6. The van der Waals surface area contributed by atoms with Gasteiger partial charge in [-0.1, -0.05) is 27.7 Å². The molecule has 9 nitrogen and oxygen atoms in total. The van der Waals surface area contributed by atoms with E-state index < -0.39 is 23.3 Å². The first-order chi connectivity index (χ1) is 12.0. The van der Waals surface area contributed by atoms with E-state index in [0.717, 1.165) is 19.3 Å². The lowest BCUT2D eigenvalue weighted by molar-refractivity contribution is -0.138. The Bertz CT molecular complexity index is 293. The Balaban J connectivity index is -0.000000125. The van der Waals surface area contributed by atoms with E-state index in [1.807, 2.05) is 20.8 Å². The molecule has 0 bridgehead atoms. The lowest BCUT2D eigenvalue weighted by Gasteiger charge is -2.20. The van der Waals surface area contributed by atoms with Gasteiger partial charge in [0.1, 0.15) is 0 Å². The molecule has 6 N–H and O–H groups in total. The van der Waals surface area contributed by atoms with Gasteiger partial charge in [0.25, 0.3) is 0 Å². The summed E-state index contributed by atoms with van der Waals surface area (Å²) in [6, 6.07) is 0. The van der Waals surface area contributed by atoms with E-state index in [-0.39, 0.29) is 19.8 Å². The second-order valence-corrected chi connectivity index (χ2v) is 5.72. The minimum absolute atomic E-state index is 0.181. The number of carboxylic acid groups (broad SMARTS) is 3. The van der Waals surface area contributed by atoms with Crippen LogP contribution in [0.2, 0.25) is 0 Å². The Morgan fingerprint density at radius 2 is 0.808 bits per heavy atom. The number of aliphatic hydroxyl groups excluding tert-OH is 3. The zero-order valence-electron chi connectivity index (χ0n) is 16.3. The quantitative estimate of drug-likeness (QED) is 0.345. The van der Waals surface area contributed by atoms with Crippen LogP contribution in [0.15, 0.2) is 0 Å². The Morgan fingerprint density at radius 3 is 0.808 bits per heavy atom. The summed E-state index contributed by atoms with van der Waals surface area (Å²) in [5, 5.41) is 49.1. The maximum atomic E-state index is 9.60. The zero-order chi connectivity index (χ0) is 21.6. The number of hydrogen-bond acceptors (Lipinski definition) is 6. The first-order valence-corrected chi connectivity index (χ1v) is 8.47. The molecule has 26 heavy (non-hydrogen) atoms. The van der Waals surface area contributed by atoms with Crippen LogP contribution in [0.1, 0.15) is 66.2 Å². The monoisotopic (exact) mass is 384 g/mol. The van der Waals surface area contributed by atoms with Crippen molar-refractivity contribution in [3.63, 3.8) is 0 Å². The SMILES string of the molecule is CC(CO)(CO)CO.CCCC(=O)O.CCCC(=O)O.CCCC(=O)O. The molecule has 0 radical (unpaired) electrons. The maximum absolute atomic E-state index is 9.60. The molecule has 0 fully saturated rings. The molecule has 0 spiro atoms. The summed E-state index contributed by atoms with van der Waals surface area (Å²) in [7, 11) is 0. The van der Waals surface area contributed by atoms with Crippen molar-refractivity contribution in [1.29, 1.82) is 0 Å². The average molecular weight is 384 g/mol. The third kappa shape index (κ3) is 38.1. The Hall–Kier alpha value is -1.71. The van der Waals surface area contributed by atoms with Crippen LogP contribution in [0.3, 0.4) is 0 Å². The first kappa shape index (κ1) is 32.0. The van der Waals surface area contributed by atoms with Crippen LogP contribution in [-0.2, 0) is 14.4 Å². The van der Waals surface area contributed by atoms with E-state index >= 15 is 0 Å². The summed E-state index contributed by atoms with van der Waals surface area (Å²) in [6.45, 7) is 6.59. The van der Waals surface area contributed by atoms with Crippen LogP contribution in [0.4, 0.5) is 0 Å². The molecule has 0 saturated heterocycles. The lowest BCUT2D eigenvalue weighted by Crippen LogP contribution is -2.29. The smallest absolute Gasteiger partial charge is 0.303 e. The fourth-order valence-electron chi connectivity index (χ4n) is 0.792.